The number of aromatic nitrogens is 1. The van der Waals surface area contributed by atoms with Gasteiger partial charge in [-0.05, 0) is 36.8 Å². The van der Waals surface area contributed by atoms with E-state index in [0.717, 1.165) is 11.3 Å². The minimum atomic E-state index is -3.58. The number of sulfonamides is 1. The predicted octanol–water partition coefficient (Wildman–Crippen LogP) is 1.49. The first-order valence-corrected chi connectivity index (χ1v) is 7.73. The molecule has 1 aromatic carbocycles. The number of anilines is 1. The van der Waals surface area contributed by atoms with Gasteiger partial charge in [-0.25, -0.2) is 13.1 Å². The number of nitrogens with zero attached hydrogens (tertiary/aromatic N) is 1. The van der Waals surface area contributed by atoms with Crippen LogP contribution in [0.3, 0.4) is 0 Å². The van der Waals surface area contributed by atoms with Gasteiger partial charge in [0.1, 0.15) is 4.90 Å². The molecule has 0 bridgehead atoms. The molecule has 0 spiro atoms. The molecule has 1 aromatic heterocycles. The van der Waals surface area contributed by atoms with Crippen LogP contribution in [0.15, 0.2) is 47.5 Å². The van der Waals surface area contributed by atoms with E-state index in [9.17, 15) is 8.42 Å². The fraction of sp³-hybridized carbons (Fsp3) is 0.214. The van der Waals surface area contributed by atoms with Crippen LogP contribution in [0.5, 0.6) is 0 Å². The van der Waals surface area contributed by atoms with Gasteiger partial charge in [-0.3, -0.25) is 4.98 Å². The normalized spacial score (nSPS) is 11.4. The van der Waals surface area contributed by atoms with Crippen LogP contribution in [0, 0.1) is 6.92 Å². The standard InChI is InChI=1S/C14H17N3O2S/c1-11-5-6-14(13(15)10-11)20(18,19)17-9-7-12-4-2-3-8-16-12/h2-6,8,10,17H,7,9,15H2,1H3. The lowest BCUT2D eigenvalue weighted by Gasteiger charge is -2.09. The summed E-state index contributed by atoms with van der Waals surface area (Å²) < 4.78 is 26.8. The fourth-order valence-electron chi connectivity index (χ4n) is 1.85. The predicted molar refractivity (Wildman–Crippen MR) is 78.7 cm³/mol. The van der Waals surface area contributed by atoms with Crippen molar-refractivity contribution in [2.24, 2.45) is 0 Å². The van der Waals surface area contributed by atoms with E-state index in [0.29, 0.717) is 6.42 Å². The van der Waals surface area contributed by atoms with Crippen LogP contribution in [-0.2, 0) is 16.4 Å². The average Bonchev–Trinajstić information content (AvgIpc) is 2.39. The van der Waals surface area contributed by atoms with Gasteiger partial charge in [0.25, 0.3) is 0 Å². The summed E-state index contributed by atoms with van der Waals surface area (Å²) in [6, 6.07) is 10.4. The zero-order chi connectivity index (χ0) is 14.6. The molecule has 0 aliphatic rings. The van der Waals surface area contributed by atoms with Crippen LogP contribution < -0.4 is 10.5 Å². The molecule has 20 heavy (non-hydrogen) atoms. The number of hydrogen-bond donors (Lipinski definition) is 2. The maximum Gasteiger partial charge on any atom is 0.242 e. The van der Waals surface area contributed by atoms with Crippen molar-refractivity contribution in [1.82, 2.24) is 9.71 Å². The summed E-state index contributed by atoms with van der Waals surface area (Å²) in [7, 11) is -3.58. The lowest BCUT2D eigenvalue weighted by Crippen LogP contribution is -2.27. The zero-order valence-electron chi connectivity index (χ0n) is 11.2. The maximum absolute atomic E-state index is 12.1. The smallest absolute Gasteiger partial charge is 0.242 e. The molecule has 0 saturated carbocycles. The van der Waals surface area contributed by atoms with Gasteiger partial charge < -0.3 is 5.73 Å². The molecule has 0 amide bonds. The number of rotatable bonds is 5. The first-order valence-electron chi connectivity index (χ1n) is 6.25. The molecule has 0 aliphatic carbocycles. The van der Waals surface area contributed by atoms with Gasteiger partial charge >= 0.3 is 0 Å². The van der Waals surface area contributed by atoms with Crippen LogP contribution >= 0.6 is 0 Å². The summed E-state index contributed by atoms with van der Waals surface area (Å²) in [5.41, 5.74) is 7.78. The van der Waals surface area contributed by atoms with Crippen molar-refractivity contribution in [3.63, 3.8) is 0 Å². The Labute approximate surface area is 118 Å². The number of pyridine rings is 1. The molecular weight excluding hydrogens is 274 g/mol. The summed E-state index contributed by atoms with van der Waals surface area (Å²) in [5, 5.41) is 0. The second-order valence-corrected chi connectivity index (χ2v) is 6.25. The first-order chi connectivity index (χ1) is 9.49. The van der Waals surface area contributed by atoms with Crippen molar-refractivity contribution in [1.29, 1.82) is 0 Å². The Bertz CT molecular complexity index is 685. The van der Waals surface area contributed by atoms with Gasteiger partial charge in [-0.15, -0.1) is 0 Å². The molecule has 0 unspecified atom stereocenters. The lowest BCUT2D eigenvalue weighted by molar-refractivity contribution is 0.581. The number of benzene rings is 1. The monoisotopic (exact) mass is 291 g/mol. The van der Waals surface area contributed by atoms with Crippen molar-refractivity contribution >= 4 is 15.7 Å². The van der Waals surface area contributed by atoms with Crippen molar-refractivity contribution in [3.05, 3.63) is 53.9 Å². The van der Waals surface area contributed by atoms with Crippen LogP contribution in [0.25, 0.3) is 0 Å². The third-order valence-corrected chi connectivity index (χ3v) is 4.39. The van der Waals surface area contributed by atoms with Crippen LogP contribution in [0.2, 0.25) is 0 Å². The molecule has 2 rings (SSSR count). The van der Waals surface area contributed by atoms with Crippen LogP contribution in [0.1, 0.15) is 11.3 Å². The first kappa shape index (κ1) is 14.5. The van der Waals surface area contributed by atoms with Crippen molar-refractivity contribution in [3.8, 4) is 0 Å². The highest BCUT2D eigenvalue weighted by Crippen LogP contribution is 2.19. The summed E-state index contributed by atoms with van der Waals surface area (Å²) in [5.74, 6) is 0. The average molecular weight is 291 g/mol. The molecule has 0 radical (unpaired) electrons. The number of aryl methyl sites for hydroxylation is 1. The quantitative estimate of drug-likeness (QED) is 0.817. The van der Waals surface area contributed by atoms with E-state index in [1.54, 1.807) is 18.3 Å². The molecule has 5 nitrogen and oxygen atoms in total. The largest absolute Gasteiger partial charge is 0.398 e. The van der Waals surface area contributed by atoms with E-state index in [2.05, 4.69) is 9.71 Å². The van der Waals surface area contributed by atoms with Crippen LogP contribution in [-0.4, -0.2) is 19.9 Å². The van der Waals surface area contributed by atoms with Gasteiger partial charge in [-0.2, -0.15) is 0 Å². The number of nitrogens with two attached hydrogens (primary N) is 1. The number of nitrogen functional groups attached to an aromatic ring is 1. The van der Waals surface area contributed by atoms with Gasteiger partial charge in [0.15, 0.2) is 0 Å². The fourth-order valence-corrected chi connectivity index (χ4v) is 2.99. The molecule has 1 heterocycles. The summed E-state index contributed by atoms with van der Waals surface area (Å²) >= 11 is 0. The molecule has 106 valence electrons. The minimum absolute atomic E-state index is 0.115. The lowest BCUT2D eigenvalue weighted by atomic mass is 10.2. The Morgan fingerprint density at radius 3 is 2.70 bits per heavy atom. The second-order valence-electron chi connectivity index (χ2n) is 4.51. The van der Waals surface area contributed by atoms with Crippen molar-refractivity contribution < 1.29 is 8.42 Å². The van der Waals surface area contributed by atoms with Gasteiger partial charge in [0.05, 0.1) is 5.69 Å². The van der Waals surface area contributed by atoms with E-state index in [4.69, 9.17) is 5.73 Å². The Balaban J connectivity index is 2.04. The maximum atomic E-state index is 12.1. The van der Waals surface area contributed by atoms with Gasteiger partial charge in [-0.1, -0.05) is 12.1 Å². The number of nitrogens with one attached hydrogen (secondary N) is 1. The Kier molecular flexibility index (Phi) is 4.36. The van der Waals surface area contributed by atoms with Gasteiger partial charge in [0.2, 0.25) is 10.0 Å². The highest BCUT2D eigenvalue weighted by atomic mass is 32.2. The van der Waals surface area contributed by atoms with E-state index in [1.807, 2.05) is 25.1 Å². The van der Waals surface area contributed by atoms with E-state index in [-0.39, 0.29) is 17.1 Å². The van der Waals surface area contributed by atoms with Gasteiger partial charge in [0, 0.05) is 24.9 Å². The van der Waals surface area contributed by atoms with Crippen molar-refractivity contribution in [2.75, 3.05) is 12.3 Å². The summed E-state index contributed by atoms with van der Waals surface area (Å²) in [4.78, 5) is 4.26. The Morgan fingerprint density at radius 1 is 1.25 bits per heavy atom. The van der Waals surface area contributed by atoms with E-state index in [1.165, 1.54) is 6.07 Å². The third kappa shape index (κ3) is 3.55. The molecular formula is C14H17N3O2S. The summed E-state index contributed by atoms with van der Waals surface area (Å²) in [6.07, 6.45) is 2.22. The highest BCUT2D eigenvalue weighted by Gasteiger charge is 2.16. The molecule has 3 N–H and O–H groups in total. The number of hydrogen-bond acceptors (Lipinski definition) is 4. The summed E-state index contributed by atoms with van der Waals surface area (Å²) in [6.45, 7) is 2.15. The topological polar surface area (TPSA) is 85.1 Å². The SMILES string of the molecule is Cc1ccc(S(=O)(=O)NCCc2ccccn2)c(N)c1. The third-order valence-electron chi connectivity index (χ3n) is 2.85. The minimum Gasteiger partial charge on any atom is -0.398 e. The Morgan fingerprint density at radius 2 is 2.05 bits per heavy atom. The molecule has 0 atom stereocenters. The Hall–Kier alpha value is -1.92. The molecule has 0 aliphatic heterocycles. The van der Waals surface area contributed by atoms with Crippen molar-refractivity contribution in [2.45, 2.75) is 18.2 Å². The van der Waals surface area contributed by atoms with Crippen LogP contribution in [0.4, 0.5) is 5.69 Å². The molecule has 0 fully saturated rings. The molecule has 6 heteroatoms. The molecule has 2 aromatic rings. The zero-order valence-corrected chi connectivity index (χ0v) is 12.0. The van der Waals surface area contributed by atoms with E-state index >= 15 is 0 Å². The highest BCUT2D eigenvalue weighted by molar-refractivity contribution is 7.89. The van der Waals surface area contributed by atoms with E-state index < -0.39 is 10.0 Å². The molecule has 0 saturated heterocycles. The second kappa shape index (κ2) is 6.02.